The Labute approximate surface area is 133 Å². The molecule has 0 heterocycles. The van der Waals surface area contributed by atoms with E-state index in [9.17, 15) is 0 Å². The van der Waals surface area contributed by atoms with Crippen LogP contribution in [0, 0.1) is 29.6 Å². The highest BCUT2D eigenvalue weighted by Gasteiger charge is 2.31. The largest absolute Gasteiger partial charge is 0.311 e. The van der Waals surface area contributed by atoms with Gasteiger partial charge in [0.2, 0.25) is 0 Å². The lowest BCUT2D eigenvalue weighted by molar-refractivity contribution is 0.141. The number of nitrogens with one attached hydrogen (secondary N) is 1. The molecular formula is C20H39N. The van der Waals surface area contributed by atoms with Crippen molar-refractivity contribution in [3.63, 3.8) is 0 Å². The lowest BCUT2D eigenvalue weighted by atomic mass is 9.69. The van der Waals surface area contributed by atoms with Crippen LogP contribution >= 0.6 is 0 Å². The van der Waals surface area contributed by atoms with Gasteiger partial charge in [0.1, 0.15) is 0 Å². The normalized spacial score (nSPS) is 42.7. The smallest absolute Gasteiger partial charge is 0.00953 e. The van der Waals surface area contributed by atoms with Crippen LogP contribution < -0.4 is 5.32 Å². The Hall–Kier alpha value is -0.0400. The van der Waals surface area contributed by atoms with Gasteiger partial charge in [-0.15, -0.1) is 0 Å². The van der Waals surface area contributed by atoms with Crippen LogP contribution in [0.2, 0.25) is 0 Å². The summed E-state index contributed by atoms with van der Waals surface area (Å²) in [6.45, 7) is 12.0. The molecule has 0 aromatic rings. The molecule has 7 unspecified atom stereocenters. The zero-order valence-electron chi connectivity index (χ0n) is 15.2. The van der Waals surface area contributed by atoms with Crippen molar-refractivity contribution in [3.05, 3.63) is 0 Å². The highest BCUT2D eigenvalue weighted by atomic mass is 14.9. The Kier molecular flexibility index (Phi) is 6.59. The minimum atomic E-state index is 0.690. The van der Waals surface area contributed by atoms with E-state index in [1.165, 1.54) is 51.4 Å². The topological polar surface area (TPSA) is 12.0 Å². The first kappa shape index (κ1) is 17.3. The highest BCUT2D eigenvalue weighted by molar-refractivity contribution is 4.86. The molecule has 0 saturated heterocycles. The maximum absolute atomic E-state index is 3.86. The van der Waals surface area contributed by atoms with Crippen LogP contribution in [-0.4, -0.2) is 12.1 Å². The third kappa shape index (κ3) is 4.98. The Morgan fingerprint density at radius 3 is 2.05 bits per heavy atom. The lowest BCUT2D eigenvalue weighted by Gasteiger charge is -2.39. The van der Waals surface area contributed by atoms with Gasteiger partial charge in [0.05, 0.1) is 0 Å². The molecule has 0 amide bonds. The molecule has 1 N–H and O–H groups in total. The maximum atomic E-state index is 3.86. The summed E-state index contributed by atoms with van der Waals surface area (Å²) in [6, 6.07) is 1.47. The van der Waals surface area contributed by atoms with Crippen LogP contribution in [0.25, 0.3) is 0 Å². The zero-order valence-corrected chi connectivity index (χ0v) is 15.2. The molecule has 0 aromatic carbocycles. The number of rotatable bonds is 5. The second kappa shape index (κ2) is 7.99. The van der Waals surface area contributed by atoms with Gasteiger partial charge in [-0.25, -0.2) is 0 Å². The zero-order chi connectivity index (χ0) is 15.4. The molecule has 0 spiro atoms. The monoisotopic (exact) mass is 293 g/mol. The second-order valence-electron chi connectivity index (χ2n) is 8.61. The van der Waals surface area contributed by atoms with Crippen molar-refractivity contribution < 1.29 is 0 Å². The molecule has 124 valence electrons. The summed E-state index contributed by atoms with van der Waals surface area (Å²) in [5.41, 5.74) is 0. The molecule has 21 heavy (non-hydrogen) atoms. The van der Waals surface area contributed by atoms with E-state index < -0.39 is 0 Å². The number of hydrogen-bond acceptors (Lipinski definition) is 1. The molecule has 0 bridgehead atoms. The number of hydrogen-bond donors (Lipinski definition) is 1. The van der Waals surface area contributed by atoms with E-state index in [-0.39, 0.29) is 0 Å². The van der Waals surface area contributed by atoms with E-state index in [0.717, 1.165) is 35.6 Å². The summed E-state index contributed by atoms with van der Waals surface area (Å²) < 4.78 is 0. The Balaban J connectivity index is 1.75. The Morgan fingerprint density at radius 1 is 0.857 bits per heavy atom. The van der Waals surface area contributed by atoms with Crippen LogP contribution in [-0.2, 0) is 0 Å². The van der Waals surface area contributed by atoms with Crippen molar-refractivity contribution in [1.82, 2.24) is 5.32 Å². The van der Waals surface area contributed by atoms with Crippen molar-refractivity contribution in [2.75, 3.05) is 0 Å². The molecular weight excluding hydrogens is 254 g/mol. The summed E-state index contributed by atoms with van der Waals surface area (Å²) in [4.78, 5) is 0. The van der Waals surface area contributed by atoms with Crippen LogP contribution in [0.1, 0.15) is 86.0 Å². The molecule has 2 saturated carbocycles. The Morgan fingerprint density at radius 2 is 1.48 bits per heavy atom. The standard InChI is InChI=1S/C20H39N/c1-6-17(5)21-20-10-9-19(12-16(20)4)13-18-8-7-14(2)15(3)11-18/h14-21H,6-13H2,1-5H3. The van der Waals surface area contributed by atoms with Crippen LogP contribution in [0.5, 0.6) is 0 Å². The van der Waals surface area contributed by atoms with Crippen molar-refractivity contribution in [1.29, 1.82) is 0 Å². The van der Waals surface area contributed by atoms with Crippen LogP contribution in [0.4, 0.5) is 0 Å². The molecule has 1 heteroatoms. The van der Waals surface area contributed by atoms with E-state index in [1.54, 1.807) is 0 Å². The van der Waals surface area contributed by atoms with Gasteiger partial charge in [-0.1, -0.05) is 40.5 Å². The quantitative estimate of drug-likeness (QED) is 0.691. The Bertz CT molecular complexity index is 300. The summed E-state index contributed by atoms with van der Waals surface area (Å²) in [5, 5.41) is 3.86. The molecule has 2 fully saturated rings. The van der Waals surface area contributed by atoms with Gasteiger partial charge in [0.15, 0.2) is 0 Å². The van der Waals surface area contributed by atoms with Gasteiger partial charge in [-0.05, 0) is 75.0 Å². The fourth-order valence-electron chi connectivity index (χ4n) is 4.80. The molecule has 1 nitrogen and oxygen atoms in total. The maximum Gasteiger partial charge on any atom is 0.00953 e. The van der Waals surface area contributed by atoms with E-state index in [0.29, 0.717) is 6.04 Å². The summed E-state index contributed by atoms with van der Waals surface area (Å²) >= 11 is 0. The first-order chi connectivity index (χ1) is 9.99. The van der Waals surface area contributed by atoms with Crippen LogP contribution in [0.3, 0.4) is 0 Å². The molecule has 2 aliphatic carbocycles. The molecule has 0 radical (unpaired) electrons. The molecule has 0 aromatic heterocycles. The molecule has 0 aliphatic heterocycles. The predicted molar refractivity (Wildman–Crippen MR) is 93.5 cm³/mol. The third-order valence-electron chi connectivity index (χ3n) is 6.76. The minimum absolute atomic E-state index is 0.690. The summed E-state index contributed by atoms with van der Waals surface area (Å²) in [5.74, 6) is 4.85. The minimum Gasteiger partial charge on any atom is -0.311 e. The fourth-order valence-corrected chi connectivity index (χ4v) is 4.80. The fraction of sp³-hybridized carbons (Fsp3) is 1.00. The SMILES string of the molecule is CCC(C)NC1CCC(CC2CCC(C)C(C)C2)CC1C. The van der Waals surface area contributed by atoms with E-state index in [1.807, 2.05) is 0 Å². The van der Waals surface area contributed by atoms with Gasteiger partial charge in [-0.2, -0.15) is 0 Å². The average Bonchev–Trinajstić information content (AvgIpc) is 2.45. The average molecular weight is 294 g/mol. The first-order valence-corrected chi connectivity index (χ1v) is 9.75. The van der Waals surface area contributed by atoms with Gasteiger partial charge in [-0.3, -0.25) is 0 Å². The van der Waals surface area contributed by atoms with Gasteiger partial charge >= 0.3 is 0 Å². The van der Waals surface area contributed by atoms with Gasteiger partial charge < -0.3 is 5.32 Å². The highest BCUT2D eigenvalue weighted by Crippen LogP contribution is 2.40. The predicted octanol–water partition coefficient (Wildman–Crippen LogP) is 5.64. The van der Waals surface area contributed by atoms with Gasteiger partial charge in [0.25, 0.3) is 0 Å². The molecule has 2 rings (SSSR count). The second-order valence-corrected chi connectivity index (χ2v) is 8.61. The van der Waals surface area contributed by atoms with E-state index in [4.69, 9.17) is 0 Å². The summed E-state index contributed by atoms with van der Waals surface area (Å²) in [6.07, 6.45) is 11.6. The lowest BCUT2D eigenvalue weighted by Crippen LogP contribution is -2.43. The van der Waals surface area contributed by atoms with E-state index >= 15 is 0 Å². The first-order valence-electron chi connectivity index (χ1n) is 9.75. The molecule has 7 atom stereocenters. The van der Waals surface area contributed by atoms with E-state index in [2.05, 4.69) is 39.9 Å². The van der Waals surface area contributed by atoms with Crippen molar-refractivity contribution >= 4 is 0 Å². The summed E-state index contributed by atoms with van der Waals surface area (Å²) in [7, 11) is 0. The van der Waals surface area contributed by atoms with Crippen LogP contribution in [0.15, 0.2) is 0 Å². The van der Waals surface area contributed by atoms with Crippen molar-refractivity contribution in [3.8, 4) is 0 Å². The van der Waals surface area contributed by atoms with Crippen molar-refractivity contribution in [2.45, 2.75) is 98.1 Å². The van der Waals surface area contributed by atoms with Crippen molar-refractivity contribution in [2.24, 2.45) is 29.6 Å². The molecule has 2 aliphatic rings. The third-order valence-corrected chi connectivity index (χ3v) is 6.76. The van der Waals surface area contributed by atoms with Gasteiger partial charge in [0, 0.05) is 12.1 Å².